The zero-order valence-corrected chi connectivity index (χ0v) is 16.4. The quantitative estimate of drug-likeness (QED) is 0.741. The average molecular weight is 368 g/mol. The molecular formula is C21H25N3OS. The Morgan fingerprint density at radius 2 is 2.00 bits per heavy atom. The lowest BCUT2D eigenvalue weighted by Crippen LogP contribution is -2.33. The number of aryl methyl sites for hydroxylation is 2. The molecule has 1 aromatic carbocycles. The molecular weight excluding hydrogens is 342 g/mol. The van der Waals surface area contributed by atoms with Crippen LogP contribution in [0.5, 0.6) is 0 Å². The number of aromatic nitrogens is 2. The molecule has 1 aliphatic rings. The fourth-order valence-electron chi connectivity index (χ4n) is 3.62. The Hall–Kier alpha value is -1.98. The van der Waals surface area contributed by atoms with Gasteiger partial charge >= 0.3 is 0 Å². The highest BCUT2D eigenvalue weighted by molar-refractivity contribution is 7.17. The third kappa shape index (κ3) is 3.33. The van der Waals surface area contributed by atoms with Crippen LogP contribution in [-0.4, -0.2) is 28.0 Å². The number of hydrogen-bond acceptors (Lipinski definition) is 4. The summed E-state index contributed by atoms with van der Waals surface area (Å²) in [5, 5.41) is 2.78. The second kappa shape index (κ2) is 6.97. The van der Waals surface area contributed by atoms with Crippen molar-refractivity contribution in [2.45, 2.75) is 40.2 Å². The van der Waals surface area contributed by atoms with E-state index in [-0.39, 0.29) is 5.56 Å². The number of likely N-dealkylation sites (tertiary alicyclic amines) is 1. The van der Waals surface area contributed by atoms with Gasteiger partial charge in [-0.05, 0) is 62.4 Å². The van der Waals surface area contributed by atoms with Gasteiger partial charge in [0.2, 0.25) is 0 Å². The Morgan fingerprint density at radius 1 is 1.23 bits per heavy atom. The maximum Gasteiger partial charge on any atom is 0.260 e. The summed E-state index contributed by atoms with van der Waals surface area (Å²) in [6, 6.07) is 6.35. The van der Waals surface area contributed by atoms with Crippen LogP contribution in [0.15, 0.2) is 28.4 Å². The molecule has 2 aromatic heterocycles. The van der Waals surface area contributed by atoms with Crippen molar-refractivity contribution >= 4 is 21.6 Å². The smallest absolute Gasteiger partial charge is 0.260 e. The zero-order valence-electron chi connectivity index (χ0n) is 15.6. The Balaban J connectivity index is 1.67. The van der Waals surface area contributed by atoms with Gasteiger partial charge in [0.05, 0.1) is 11.9 Å². The number of aromatic amines is 1. The minimum absolute atomic E-state index is 0.0233. The van der Waals surface area contributed by atoms with Gasteiger partial charge in [-0.1, -0.05) is 25.1 Å². The van der Waals surface area contributed by atoms with Gasteiger partial charge in [-0.2, -0.15) is 0 Å². The lowest BCUT2D eigenvalue weighted by molar-refractivity contribution is 0.181. The Morgan fingerprint density at radius 3 is 2.73 bits per heavy atom. The molecule has 1 aliphatic heterocycles. The van der Waals surface area contributed by atoms with Crippen molar-refractivity contribution < 1.29 is 0 Å². The number of fused-ring (bicyclic) bond motifs is 1. The van der Waals surface area contributed by atoms with E-state index in [0.29, 0.717) is 5.39 Å². The van der Waals surface area contributed by atoms with Gasteiger partial charge in [0, 0.05) is 10.9 Å². The van der Waals surface area contributed by atoms with E-state index in [1.54, 1.807) is 11.3 Å². The van der Waals surface area contributed by atoms with Crippen LogP contribution < -0.4 is 5.56 Å². The predicted octanol–water partition coefficient (Wildman–Crippen LogP) is 4.50. The van der Waals surface area contributed by atoms with Crippen molar-refractivity contribution in [3.05, 3.63) is 50.9 Å². The van der Waals surface area contributed by atoms with Crippen molar-refractivity contribution in [2.75, 3.05) is 13.1 Å². The number of piperidine rings is 1. The monoisotopic (exact) mass is 367 g/mol. The topological polar surface area (TPSA) is 49.0 Å². The molecule has 136 valence electrons. The van der Waals surface area contributed by atoms with E-state index in [9.17, 15) is 4.79 Å². The minimum Gasteiger partial charge on any atom is -0.309 e. The molecule has 1 saturated heterocycles. The Kier molecular flexibility index (Phi) is 4.67. The standard InChI is InChI=1S/C21H25N3OS/c1-13-6-8-24(9-7-13)11-18-22-20(25)19-17(12-26-21(19)23-18)16-5-4-14(2)15(3)10-16/h4-5,10,12-13H,6-9,11H2,1-3H3,(H,22,23,25). The number of nitrogens with zero attached hydrogens (tertiary/aromatic N) is 2. The lowest BCUT2D eigenvalue weighted by Gasteiger charge is -2.29. The summed E-state index contributed by atoms with van der Waals surface area (Å²) in [6.45, 7) is 9.42. The SMILES string of the molecule is Cc1ccc(-c2csc3nc(CN4CCC(C)CC4)[nH]c(=O)c23)cc1C. The van der Waals surface area contributed by atoms with Gasteiger partial charge in [-0.25, -0.2) is 4.98 Å². The van der Waals surface area contributed by atoms with Gasteiger partial charge in [0.1, 0.15) is 10.7 Å². The molecule has 1 fully saturated rings. The van der Waals surface area contributed by atoms with Crippen molar-refractivity contribution in [2.24, 2.45) is 5.92 Å². The fourth-order valence-corrected chi connectivity index (χ4v) is 4.59. The molecule has 5 heteroatoms. The number of nitrogens with one attached hydrogen (secondary N) is 1. The molecule has 4 nitrogen and oxygen atoms in total. The normalized spacial score (nSPS) is 16.4. The highest BCUT2D eigenvalue weighted by atomic mass is 32.1. The second-order valence-corrected chi connectivity index (χ2v) is 8.46. The molecule has 1 N–H and O–H groups in total. The summed E-state index contributed by atoms with van der Waals surface area (Å²) < 4.78 is 0. The Bertz CT molecular complexity index is 996. The van der Waals surface area contributed by atoms with Gasteiger partial charge < -0.3 is 4.98 Å². The first-order valence-corrected chi connectivity index (χ1v) is 10.2. The summed E-state index contributed by atoms with van der Waals surface area (Å²) in [7, 11) is 0. The largest absolute Gasteiger partial charge is 0.309 e. The van der Waals surface area contributed by atoms with E-state index < -0.39 is 0 Å². The van der Waals surface area contributed by atoms with Gasteiger partial charge in [-0.15, -0.1) is 11.3 Å². The molecule has 0 saturated carbocycles. The molecule has 0 aliphatic carbocycles. The first-order chi connectivity index (χ1) is 12.5. The van der Waals surface area contributed by atoms with Crippen LogP contribution in [0.3, 0.4) is 0 Å². The fraction of sp³-hybridized carbons (Fsp3) is 0.429. The Labute approximate surface area is 157 Å². The number of thiophene rings is 1. The van der Waals surface area contributed by atoms with Crippen LogP contribution in [-0.2, 0) is 6.54 Å². The molecule has 0 radical (unpaired) electrons. The van der Waals surface area contributed by atoms with Crippen molar-refractivity contribution in [3.8, 4) is 11.1 Å². The van der Waals surface area contributed by atoms with Crippen LogP contribution in [0.2, 0.25) is 0 Å². The first-order valence-electron chi connectivity index (χ1n) is 9.31. The highest BCUT2D eigenvalue weighted by Crippen LogP contribution is 2.31. The van der Waals surface area contributed by atoms with Gasteiger partial charge in [0.15, 0.2) is 0 Å². The first kappa shape index (κ1) is 17.4. The van der Waals surface area contributed by atoms with Gasteiger partial charge in [0.25, 0.3) is 5.56 Å². The molecule has 0 bridgehead atoms. The van der Waals surface area contributed by atoms with Crippen molar-refractivity contribution in [1.82, 2.24) is 14.9 Å². The van der Waals surface area contributed by atoms with Crippen LogP contribution in [0.4, 0.5) is 0 Å². The maximum absolute atomic E-state index is 12.8. The zero-order chi connectivity index (χ0) is 18.3. The van der Waals surface area contributed by atoms with E-state index in [1.165, 1.54) is 24.0 Å². The van der Waals surface area contributed by atoms with Crippen molar-refractivity contribution in [1.29, 1.82) is 0 Å². The highest BCUT2D eigenvalue weighted by Gasteiger charge is 2.18. The van der Waals surface area contributed by atoms with E-state index in [0.717, 1.165) is 47.3 Å². The summed E-state index contributed by atoms with van der Waals surface area (Å²) in [5.74, 6) is 1.59. The summed E-state index contributed by atoms with van der Waals surface area (Å²) >= 11 is 1.56. The van der Waals surface area contributed by atoms with Crippen LogP contribution >= 0.6 is 11.3 Å². The molecule has 0 unspecified atom stereocenters. The molecule has 0 amide bonds. The summed E-state index contributed by atoms with van der Waals surface area (Å²) in [4.78, 5) is 23.8. The molecule has 3 heterocycles. The second-order valence-electron chi connectivity index (χ2n) is 7.60. The molecule has 3 aromatic rings. The van der Waals surface area contributed by atoms with E-state index in [2.05, 4.69) is 54.2 Å². The minimum atomic E-state index is -0.0233. The third-order valence-electron chi connectivity index (χ3n) is 5.56. The van der Waals surface area contributed by atoms with Crippen LogP contribution in [0.25, 0.3) is 21.3 Å². The number of hydrogen-bond donors (Lipinski definition) is 1. The van der Waals surface area contributed by atoms with E-state index in [1.807, 2.05) is 0 Å². The number of H-pyrrole nitrogens is 1. The maximum atomic E-state index is 12.8. The number of benzene rings is 1. The third-order valence-corrected chi connectivity index (χ3v) is 6.43. The summed E-state index contributed by atoms with van der Waals surface area (Å²) in [5.41, 5.74) is 4.55. The van der Waals surface area contributed by atoms with Crippen LogP contribution in [0.1, 0.15) is 36.7 Å². The molecule has 0 spiro atoms. The van der Waals surface area contributed by atoms with Crippen molar-refractivity contribution in [3.63, 3.8) is 0 Å². The molecule has 0 atom stereocenters. The molecule has 26 heavy (non-hydrogen) atoms. The summed E-state index contributed by atoms with van der Waals surface area (Å²) in [6.07, 6.45) is 2.45. The van der Waals surface area contributed by atoms with E-state index >= 15 is 0 Å². The molecule has 4 rings (SSSR count). The lowest BCUT2D eigenvalue weighted by atomic mass is 9.99. The predicted molar refractivity (Wildman–Crippen MR) is 109 cm³/mol. The van der Waals surface area contributed by atoms with E-state index in [4.69, 9.17) is 4.98 Å². The van der Waals surface area contributed by atoms with Gasteiger partial charge in [-0.3, -0.25) is 9.69 Å². The number of rotatable bonds is 3. The average Bonchev–Trinajstić information content (AvgIpc) is 3.04. The van der Waals surface area contributed by atoms with Crippen LogP contribution in [0, 0.1) is 19.8 Å².